The number of benzene rings is 1. The molecule has 0 spiro atoms. The van der Waals surface area contributed by atoms with Gasteiger partial charge in [0.1, 0.15) is 5.52 Å². The molecule has 1 N–H and O–H groups in total. The van der Waals surface area contributed by atoms with Gasteiger partial charge in [-0.25, -0.2) is 4.98 Å². The second-order valence-electron chi connectivity index (χ2n) is 5.83. The molecule has 0 unspecified atom stereocenters. The number of ether oxygens (including phenoxy) is 2. The van der Waals surface area contributed by atoms with E-state index >= 15 is 0 Å². The first-order chi connectivity index (χ1) is 11.5. The molecule has 2 aromatic rings. The van der Waals surface area contributed by atoms with Gasteiger partial charge in [0.05, 0.1) is 19.9 Å². The smallest absolute Gasteiger partial charge is 0.221 e. The molecule has 0 aliphatic heterocycles. The summed E-state index contributed by atoms with van der Waals surface area (Å²) in [5, 5.41) is 3.76. The summed E-state index contributed by atoms with van der Waals surface area (Å²) in [5.74, 6) is 1.03. The molecule has 1 heterocycles. The molecular weight excluding hydrogens is 304 g/mol. The van der Waals surface area contributed by atoms with Gasteiger partial charge in [0, 0.05) is 24.1 Å². The number of nitrogens with zero attached hydrogens (tertiary/aromatic N) is 1. The van der Waals surface area contributed by atoms with Crippen LogP contribution in [0, 0.1) is 0 Å². The Morgan fingerprint density at radius 2 is 1.83 bits per heavy atom. The molecule has 0 saturated heterocycles. The lowest BCUT2D eigenvalue weighted by atomic mass is 10.0. The Hall–Kier alpha value is -2.30. The highest BCUT2D eigenvalue weighted by Gasteiger charge is 2.18. The highest BCUT2D eigenvalue weighted by atomic mass is 16.5. The van der Waals surface area contributed by atoms with Crippen LogP contribution in [0.25, 0.3) is 10.9 Å². The summed E-state index contributed by atoms with van der Waals surface area (Å²) in [7, 11) is 3.19. The van der Waals surface area contributed by atoms with Crippen molar-refractivity contribution in [3.05, 3.63) is 23.4 Å². The molecule has 0 atom stereocenters. The van der Waals surface area contributed by atoms with Gasteiger partial charge in [-0.3, -0.25) is 4.79 Å². The second kappa shape index (κ2) is 7.99. The van der Waals surface area contributed by atoms with E-state index in [9.17, 15) is 4.79 Å². The van der Waals surface area contributed by atoms with E-state index in [1.807, 2.05) is 0 Å². The van der Waals surface area contributed by atoms with Crippen LogP contribution in [0.15, 0.2) is 12.1 Å². The molecule has 5 nitrogen and oxygen atoms in total. The Balaban J connectivity index is 2.81. The van der Waals surface area contributed by atoms with E-state index in [1.165, 1.54) is 12.5 Å². The number of methoxy groups -OCH3 is 2. The van der Waals surface area contributed by atoms with Gasteiger partial charge in [-0.1, -0.05) is 26.7 Å². The van der Waals surface area contributed by atoms with Gasteiger partial charge in [-0.05, 0) is 24.5 Å². The van der Waals surface area contributed by atoms with Crippen molar-refractivity contribution in [3.63, 3.8) is 0 Å². The Labute approximate surface area is 143 Å². The van der Waals surface area contributed by atoms with Gasteiger partial charge in [-0.15, -0.1) is 0 Å². The highest BCUT2D eigenvalue weighted by Crippen LogP contribution is 2.40. The number of carbonyl (C=O) groups excluding carboxylic acids is 1. The molecule has 130 valence electrons. The maximum absolute atomic E-state index is 11.6. The van der Waals surface area contributed by atoms with Crippen molar-refractivity contribution in [2.75, 3.05) is 19.5 Å². The third-order valence-electron chi connectivity index (χ3n) is 3.94. The van der Waals surface area contributed by atoms with Gasteiger partial charge >= 0.3 is 0 Å². The van der Waals surface area contributed by atoms with Gasteiger partial charge in [0.2, 0.25) is 5.91 Å². The third-order valence-corrected chi connectivity index (χ3v) is 3.94. The topological polar surface area (TPSA) is 60.5 Å². The summed E-state index contributed by atoms with van der Waals surface area (Å²) in [6.07, 6.45) is 3.96. The van der Waals surface area contributed by atoms with Crippen LogP contribution in [0.5, 0.6) is 11.5 Å². The van der Waals surface area contributed by atoms with Crippen molar-refractivity contribution in [1.82, 2.24) is 4.98 Å². The van der Waals surface area contributed by atoms with Crippen LogP contribution in [-0.2, 0) is 17.6 Å². The van der Waals surface area contributed by atoms with Gasteiger partial charge in [-0.2, -0.15) is 0 Å². The van der Waals surface area contributed by atoms with Crippen LogP contribution in [0.4, 0.5) is 5.69 Å². The lowest BCUT2D eigenvalue weighted by Gasteiger charge is -2.17. The largest absolute Gasteiger partial charge is 0.493 e. The minimum atomic E-state index is -0.127. The molecule has 0 aliphatic carbocycles. The fraction of sp³-hybridized carbons (Fsp3) is 0.474. The number of carbonyl (C=O) groups is 1. The number of rotatable bonds is 7. The lowest BCUT2D eigenvalue weighted by Crippen LogP contribution is -2.08. The van der Waals surface area contributed by atoms with Gasteiger partial charge in [0.25, 0.3) is 0 Å². The first-order valence-corrected chi connectivity index (χ1v) is 8.40. The standard InChI is InChI=1S/C19H26N2O3/c1-6-8-13-10-14-16(20-12(3)22)11-17(23-4)19(24-5)18(14)21-15(13)9-7-2/h10-11H,6-9H2,1-5H3,(H,20,22). The molecule has 1 aromatic carbocycles. The third kappa shape index (κ3) is 3.61. The molecule has 0 aliphatic rings. The Kier molecular flexibility index (Phi) is 6.01. The predicted octanol–water partition coefficient (Wildman–Crippen LogP) is 4.12. The number of hydrogen-bond acceptors (Lipinski definition) is 4. The highest BCUT2D eigenvalue weighted by molar-refractivity contribution is 6.04. The zero-order valence-corrected chi connectivity index (χ0v) is 15.2. The summed E-state index contributed by atoms with van der Waals surface area (Å²) in [6, 6.07) is 3.92. The van der Waals surface area contributed by atoms with Crippen molar-refractivity contribution in [3.8, 4) is 11.5 Å². The average molecular weight is 330 g/mol. The lowest BCUT2D eigenvalue weighted by molar-refractivity contribution is -0.114. The normalized spacial score (nSPS) is 10.7. The van der Waals surface area contributed by atoms with Gasteiger partial charge < -0.3 is 14.8 Å². The van der Waals surface area contributed by atoms with Crippen LogP contribution in [0.3, 0.4) is 0 Å². The predicted molar refractivity (Wildman–Crippen MR) is 97.1 cm³/mol. The zero-order chi connectivity index (χ0) is 17.7. The van der Waals surface area contributed by atoms with Crippen LogP contribution in [-0.4, -0.2) is 25.1 Å². The number of amides is 1. The van der Waals surface area contributed by atoms with Crippen molar-refractivity contribution >= 4 is 22.5 Å². The Morgan fingerprint density at radius 1 is 1.12 bits per heavy atom. The SMILES string of the molecule is CCCc1cc2c(NC(C)=O)cc(OC)c(OC)c2nc1CCC. The maximum atomic E-state index is 11.6. The van der Waals surface area contributed by atoms with E-state index < -0.39 is 0 Å². The average Bonchev–Trinajstić information content (AvgIpc) is 2.55. The number of aryl methyl sites for hydroxylation is 2. The van der Waals surface area contributed by atoms with E-state index in [2.05, 4.69) is 25.2 Å². The molecule has 0 saturated carbocycles. The molecule has 24 heavy (non-hydrogen) atoms. The molecule has 2 rings (SSSR count). The zero-order valence-electron chi connectivity index (χ0n) is 15.2. The van der Waals surface area contributed by atoms with Crippen LogP contribution in [0.2, 0.25) is 0 Å². The van der Waals surface area contributed by atoms with Crippen molar-refractivity contribution in [2.45, 2.75) is 46.5 Å². The summed E-state index contributed by atoms with van der Waals surface area (Å²) >= 11 is 0. The molecule has 0 bridgehead atoms. The number of pyridine rings is 1. The summed E-state index contributed by atoms with van der Waals surface area (Å²) in [5.41, 5.74) is 3.74. The first-order valence-electron chi connectivity index (χ1n) is 8.40. The monoisotopic (exact) mass is 330 g/mol. The summed E-state index contributed by atoms with van der Waals surface area (Å²) in [6.45, 7) is 5.80. The van der Waals surface area contributed by atoms with Crippen molar-refractivity contribution < 1.29 is 14.3 Å². The molecule has 1 amide bonds. The number of aromatic nitrogens is 1. The fourth-order valence-corrected chi connectivity index (χ4v) is 2.94. The number of fused-ring (bicyclic) bond motifs is 1. The molecule has 0 fully saturated rings. The van der Waals surface area contributed by atoms with E-state index in [0.29, 0.717) is 17.2 Å². The van der Waals surface area contributed by atoms with Crippen LogP contribution >= 0.6 is 0 Å². The summed E-state index contributed by atoms with van der Waals surface area (Å²) < 4.78 is 11.0. The summed E-state index contributed by atoms with van der Waals surface area (Å²) in [4.78, 5) is 16.5. The molecule has 5 heteroatoms. The molecular formula is C19H26N2O3. The van der Waals surface area contributed by atoms with E-state index in [1.54, 1.807) is 20.3 Å². The number of hydrogen-bond donors (Lipinski definition) is 1. The minimum absolute atomic E-state index is 0.127. The number of anilines is 1. The van der Waals surface area contributed by atoms with E-state index in [4.69, 9.17) is 14.5 Å². The van der Waals surface area contributed by atoms with Gasteiger partial charge in [0.15, 0.2) is 11.5 Å². The quantitative estimate of drug-likeness (QED) is 0.830. The Bertz CT molecular complexity index is 741. The van der Waals surface area contributed by atoms with Crippen molar-refractivity contribution in [1.29, 1.82) is 0 Å². The first kappa shape index (κ1) is 18.0. The Morgan fingerprint density at radius 3 is 2.38 bits per heavy atom. The molecule has 1 aromatic heterocycles. The minimum Gasteiger partial charge on any atom is -0.493 e. The van der Waals surface area contributed by atoms with Crippen molar-refractivity contribution in [2.24, 2.45) is 0 Å². The van der Waals surface area contributed by atoms with E-state index in [0.717, 1.165) is 42.3 Å². The second-order valence-corrected chi connectivity index (χ2v) is 5.83. The van der Waals surface area contributed by atoms with Crippen LogP contribution in [0.1, 0.15) is 44.9 Å². The van der Waals surface area contributed by atoms with Crippen LogP contribution < -0.4 is 14.8 Å². The molecule has 0 radical (unpaired) electrons. The fourth-order valence-electron chi connectivity index (χ4n) is 2.94. The maximum Gasteiger partial charge on any atom is 0.221 e. The number of nitrogens with one attached hydrogen (secondary N) is 1. The van der Waals surface area contributed by atoms with E-state index in [-0.39, 0.29) is 5.91 Å².